The van der Waals surface area contributed by atoms with Crippen LogP contribution in [0, 0.1) is 11.3 Å². The number of nitrogens with two attached hydrogens (primary N) is 1. The molecule has 2 aliphatic rings. The maximum Gasteiger partial charge on any atom is 0.239 e. The van der Waals surface area contributed by atoms with Crippen molar-refractivity contribution in [3.63, 3.8) is 0 Å². The van der Waals surface area contributed by atoms with Gasteiger partial charge in [-0.05, 0) is 62.1 Å². The highest BCUT2D eigenvalue weighted by molar-refractivity contribution is 5.86. The minimum absolute atomic E-state index is 0.00556. The van der Waals surface area contributed by atoms with Gasteiger partial charge in [-0.25, -0.2) is 0 Å². The molecule has 1 aromatic rings. The average molecular weight is 415 g/mol. The quantitative estimate of drug-likeness (QED) is 0.694. The molecule has 0 aromatic heterocycles. The maximum atomic E-state index is 13.2. The fourth-order valence-electron chi connectivity index (χ4n) is 5.51. The molecule has 1 amide bonds. The Labute approximate surface area is 181 Å². The van der Waals surface area contributed by atoms with Gasteiger partial charge in [-0.2, -0.15) is 0 Å². The van der Waals surface area contributed by atoms with E-state index in [1.54, 1.807) is 7.11 Å². The second-order valence-corrected chi connectivity index (χ2v) is 9.15. The zero-order valence-electron chi connectivity index (χ0n) is 18.7. The number of methoxy groups -OCH3 is 1. The molecule has 1 unspecified atom stereocenters. The fraction of sp³-hybridized carbons (Fsp3) is 0.680. The molecule has 5 heteroatoms. The van der Waals surface area contributed by atoms with Crippen molar-refractivity contribution in [2.45, 2.75) is 77.2 Å². The highest BCUT2D eigenvalue weighted by Crippen LogP contribution is 2.47. The maximum absolute atomic E-state index is 13.2. The summed E-state index contributed by atoms with van der Waals surface area (Å²) in [5.74, 6) is 1.73. The summed E-state index contributed by atoms with van der Waals surface area (Å²) < 4.78 is 5.19. The van der Waals surface area contributed by atoms with Gasteiger partial charge in [0.15, 0.2) is 0 Å². The second kappa shape index (κ2) is 10.4. The largest absolute Gasteiger partial charge is 0.497 e. The number of ether oxygens (including phenoxy) is 1. The molecular weight excluding hydrogens is 376 g/mol. The lowest BCUT2D eigenvalue weighted by Crippen LogP contribution is -2.53. The zero-order valence-corrected chi connectivity index (χ0v) is 18.7. The van der Waals surface area contributed by atoms with Crippen LogP contribution >= 0.6 is 0 Å². The predicted molar refractivity (Wildman–Crippen MR) is 119 cm³/mol. The summed E-state index contributed by atoms with van der Waals surface area (Å²) in [6.45, 7) is 3.39. The third kappa shape index (κ3) is 5.05. The first kappa shape index (κ1) is 22.8. The highest BCUT2D eigenvalue weighted by atomic mass is 16.5. The summed E-state index contributed by atoms with van der Waals surface area (Å²) in [4.78, 5) is 28.1. The van der Waals surface area contributed by atoms with Gasteiger partial charge in [0.2, 0.25) is 5.91 Å². The molecule has 5 nitrogen and oxygen atoms in total. The number of hydrogen-bond acceptors (Lipinski definition) is 4. The van der Waals surface area contributed by atoms with Crippen LogP contribution in [0.4, 0.5) is 0 Å². The minimum atomic E-state index is -0.549. The molecule has 2 fully saturated rings. The third-order valence-corrected chi connectivity index (χ3v) is 7.32. The molecule has 30 heavy (non-hydrogen) atoms. The number of carbonyl (C=O) groups excluding carboxylic acids is 2. The van der Waals surface area contributed by atoms with Crippen LogP contribution in [-0.2, 0) is 16.0 Å². The second-order valence-electron chi connectivity index (χ2n) is 9.15. The van der Waals surface area contributed by atoms with E-state index in [9.17, 15) is 9.59 Å². The Morgan fingerprint density at radius 2 is 1.77 bits per heavy atom. The van der Waals surface area contributed by atoms with E-state index in [2.05, 4.69) is 6.92 Å². The molecule has 1 heterocycles. The van der Waals surface area contributed by atoms with Gasteiger partial charge in [0.25, 0.3) is 0 Å². The van der Waals surface area contributed by atoms with Crippen LogP contribution in [0.1, 0.15) is 70.3 Å². The number of likely N-dealkylation sites (tertiary alicyclic amines) is 1. The number of Topliss-reactive ketones (excluding diaryl/α,β-unsaturated/α-hetero) is 1. The summed E-state index contributed by atoms with van der Waals surface area (Å²) in [5.41, 5.74) is 7.10. The van der Waals surface area contributed by atoms with Crippen molar-refractivity contribution in [1.29, 1.82) is 0 Å². The van der Waals surface area contributed by atoms with E-state index in [4.69, 9.17) is 10.5 Å². The van der Waals surface area contributed by atoms with Crippen LogP contribution in [0.2, 0.25) is 0 Å². The molecule has 166 valence electrons. The molecule has 1 aliphatic heterocycles. The number of carbonyl (C=O) groups is 2. The van der Waals surface area contributed by atoms with Gasteiger partial charge >= 0.3 is 0 Å². The van der Waals surface area contributed by atoms with Crippen LogP contribution in [-0.4, -0.2) is 42.8 Å². The number of rotatable bonds is 8. The van der Waals surface area contributed by atoms with Gasteiger partial charge in [-0.15, -0.1) is 0 Å². The van der Waals surface area contributed by atoms with E-state index in [1.807, 2.05) is 29.2 Å². The topological polar surface area (TPSA) is 72.6 Å². The first-order valence-electron chi connectivity index (χ1n) is 11.7. The van der Waals surface area contributed by atoms with Crippen molar-refractivity contribution in [3.8, 4) is 5.75 Å². The van der Waals surface area contributed by atoms with E-state index in [0.717, 1.165) is 30.6 Å². The first-order chi connectivity index (χ1) is 14.5. The summed E-state index contributed by atoms with van der Waals surface area (Å²) >= 11 is 0. The Morgan fingerprint density at radius 1 is 1.13 bits per heavy atom. The lowest BCUT2D eigenvalue weighted by molar-refractivity contribution is -0.144. The number of piperidine rings is 1. The molecule has 1 saturated carbocycles. The van der Waals surface area contributed by atoms with Gasteiger partial charge in [0.1, 0.15) is 11.5 Å². The number of amides is 1. The summed E-state index contributed by atoms with van der Waals surface area (Å²) in [6, 6.07) is 7.16. The number of ketones is 1. The summed E-state index contributed by atoms with van der Waals surface area (Å²) in [6.07, 6.45) is 9.80. The third-order valence-electron chi connectivity index (χ3n) is 7.32. The van der Waals surface area contributed by atoms with Crippen molar-refractivity contribution in [2.24, 2.45) is 17.1 Å². The minimum Gasteiger partial charge on any atom is -0.497 e. The Morgan fingerprint density at radius 3 is 2.33 bits per heavy atom. The van der Waals surface area contributed by atoms with Crippen molar-refractivity contribution in [2.75, 3.05) is 20.2 Å². The molecule has 3 rings (SSSR count). The van der Waals surface area contributed by atoms with E-state index in [0.29, 0.717) is 37.6 Å². The average Bonchev–Trinajstić information content (AvgIpc) is 2.80. The SMILES string of the molecule is CCCC(=O)C1(C2CCCCC2)CCN(C(=O)C(N)Cc2ccc(OC)cc2)CC1. The van der Waals surface area contributed by atoms with Gasteiger partial charge in [0, 0.05) is 24.9 Å². The van der Waals surface area contributed by atoms with E-state index in [-0.39, 0.29) is 11.3 Å². The van der Waals surface area contributed by atoms with Gasteiger partial charge < -0.3 is 15.4 Å². The van der Waals surface area contributed by atoms with Crippen molar-refractivity contribution in [3.05, 3.63) is 29.8 Å². The van der Waals surface area contributed by atoms with Crippen molar-refractivity contribution < 1.29 is 14.3 Å². The molecule has 0 bridgehead atoms. The van der Waals surface area contributed by atoms with Crippen LogP contribution in [0.3, 0.4) is 0 Å². The van der Waals surface area contributed by atoms with Crippen LogP contribution in [0.25, 0.3) is 0 Å². The summed E-state index contributed by atoms with van der Waals surface area (Å²) in [5, 5.41) is 0. The smallest absolute Gasteiger partial charge is 0.239 e. The Balaban J connectivity index is 1.62. The van der Waals surface area contributed by atoms with Gasteiger partial charge in [-0.3, -0.25) is 9.59 Å². The van der Waals surface area contributed by atoms with E-state index in [1.165, 1.54) is 32.1 Å². The lowest BCUT2D eigenvalue weighted by Gasteiger charge is -2.47. The highest BCUT2D eigenvalue weighted by Gasteiger charge is 2.47. The Bertz CT molecular complexity index is 702. The molecule has 0 radical (unpaired) electrons. The molecule has 0 spiro atoms. The fourth-order valence-corrected chi connectivity index (χ4v) is 5.51. The van der Waals surface area contributed by atoms with Gasteiger partial charge in [0.05, 0.1) is 13.2 Å². The monoisotopic (exact) mass is 414 g/mol. The van der Waals surface area contributed by atoms with Crippen LogP contribution in [0.5, 0.6) is 5.75 Å². The molecule has 1 atom stereocenters. The van der Waals surface area contributed by atoms with Crippen LogP contribution < -0.4 is 10.5 Å². The number of benzene rings is 1. The molecular formula is C25H38N2O3. The van der Waals surface area contributed by atoms with Gasteiger partial charge in [-0.1, -0.05) is 38.3 Å². The Hall–Kier alpha value is -1.88. The molecule has 1 aliphatic carbocycles. The molecule has 2 N–H and O–H groups in total. The summed E-state index contributed by atoms with van der Waals surface area (Å²) in [7, 11) is 1.64. The van der Waals surface area contributed by atoms with Crippen molar-refractivity contribution in [1.82, 2.24) is 4.90 Å². The van der Waals surface area contributed by atoms with E-state index >= 15 is 0 Å². The van der Waals surface area contributed by atoms with Crippen LogP contribution in [0.15, 0.2) is 24.3 Å². The number of nitrogens with zero attached hydrogens (tertiary/aromatic N) is 1. The number of hydrogen-bond donors (Lipinski definition) is 1. The molecule has 1 aromatic carbocycles. The standard InChI is InChI=1S/C25H38N2O3/c1-3-7-23(28)25(20-8-5-4-6-9-20)14-16-27(17-15-25)24(29)22(26)18-19-10-12-21(30-2)13-11-19/h10-13,20,22H,3-9,14-18,26H2,1-2H3. The van der Waals surface area contributed by atoms with E-state index < -0.39 is 6.04 Å². The first-order valence-corrected chi connectivity index (χ1v) is 11.7. The normalized spacial score (nSPS) is 20.6. The Kier molecular flexibility index (Phi) is 7.93. The lowest BCUT2D eigenvalue weighted by atomic mass is 9.61. The predicted octanol–water partition coefficient (Wildman–Crippen LogP) is 4.12. The zero-order chi connectivity index (χ0) is 21.6. The van der Waals surface area contributed by atoms with Crippen molar-refractivity contribution >= 4 is 11.7 Å². The molecule has 1 saturated heterocycles.